The second kappa shape index (κ2) is 10.8. The highest BCUT2D eigenvalue weighted by molar-refractivity contribution is 9.10. The van der Waals surface area contributed by atoms with Crippen LogP contribution in [0.5, 0.6) is 0 Å². The van der Waals surface area contributed by atoms with E-state index in [4.69, 9.17) is 0 Å². The first-order chi connectivity index (χ1) is 13.6. The SMILES string of the molecule is O=C(NCCCNC(=O)C1CCC1)NC1CCN(Cc2cccc(Br)c2)CC1. The molecule has 6 nitrogen and oxygen atoms in total. The molecule has 2 aliphatic rings. The van der Waals surface area contributed by atoms with Gasteiger partial charge in [0.05, 0.1) is 0 Å². The number of carbonyl (C=O) groups is 2. The highest BCUT2D eigenvalue weighted by atomic mass is 79.9. The first kappa shape index (κ1) is 21.1. The normalized spacial score (nSPS) is 18.3. The minimum atomic E-state index is -0.101. The van der Waals surface area contributed by atoms with Gasteiger partial charge in [-0.25, -0.2) is 4.79 Å². The van der Waals surface area contributed by atoms with E-state index in [0.29, 0.717) is 13.1 Å². The number of nitrogens with one attached hydrogen (secondary N) is 3. The lowest BCUT2D eigenvalue weighted by Crippen LogP contribution is -2.48. The summed E-state index contributed by atoms with van der Waals surface area (Å²) in [4.78, 5) is 26.2. The molecule has 1 saturated heterocycles. The van der Waals surface area contributed by atoms with Crippen molar-refractivity contribution in [2.45, 2.75) is 51.1 Å². The van der Waals surface area contributed by atoms with Crippen molar-refractivity contribution in [2.24, 2.45) is 5.92 Å². The van der Waals surface area contributed by atoms with Crippen molar-refractivity contribution < 1.29 is 9.59 Å². The number of amides is 3. The van der Waals surface area contributed by atoms with Crippen LogP contribution in [-0.2, 0) is 11.3 Å². The Morgan fingerprint density at radius 3 is 2.50 bits per heavy atom. The molecule has 1 aromatic rings. The van der Waals surface area contributed by atoms with Crippen LogP contribution < -0.4 is 16.0 Å². The van der Waals surface area contributed by atoms with Crippen molar-refractivity contribution in [1.82, 2.24) is 20.9 Å². The summed E-state index contributed by atoms with van der Waals surface area (Å²) in [5.74, 6) is 0.399. The summed E-state index contributed by atoms with van der Waals surface area (Å²) >= 11 is 3.52. The van der Waals surface area contributed by atoms with Crippen LogP contribution >= 0.6 is 15.9 Å². The van der Waals surface area contributed by atoms with Gasteiger partial charge in [-0.2, -0.15) is 0 Å². The number of hydrogen-bond acceptors (Lipinski definition) is 3. The van der Waals surface area contributed by atoms with E-state index in [1.165, 1.54) is 12.0 Å². The lowest BCUT2D eigenvalue weighted by Gasteiger charge is -2.32. The molecule has 3 N–H and O–H groups in total. The van der Waals surface area contributed by atoms with E-state index in [0.717, 1.165) is 56.2 Å². The van der Waals surface area contributed by atoms with Crippen molar-refractivity contribution in [3.63, 3.8) is 0 Å². The Kier molecular flexibility index (Phi) is 8.15. The third-order valence-electron chi connectivity index (χ3n) is 5.63. The Hall–Kier alpha value is -1.60. The molecule has 0 aromatic heterocycles. The maximum absolute atomic E-state index is 12.1. The summed E-state index contributed by atoms with van der Waals surface area (Å²) in [6.45, 7) is 4.14. The molecule has 2 fully saturated rings. The predicted molar refractivity (Wildman–Crippen MR) is 114 cm³/mol. The molecular formula is C21H31BrN4O2. The van der Waals surface area contributed by atoms with Crippen LogP contribution in [0.25, 0.3) is 0 Å². The Balaban J connectivity index is 1.24. The van der Waals surface area contributed by atoms with Gasteiger partial charge in [-0.05, 0) is 49.8 Å². The lowest BCUT2D eigenvalue weighted by molar-refractivity contribution is -0.127. The van der Waals surface area contributed by atoms with Crippen LogP contribution in [0.15, 0.2) is 28.7 Å². The third kappa shape index (κ3) is 6.78. The maximum Gasteiger partial charge on any atom is 0.315 e. The van der Waals surface area contributed by atoms with Crippen LogP contribution in [0.1, 0.15) is 44.1 Å². The molecule has 0 spiro atoms. The van der Waals surface area contributed by atoms with Crippen molar-refractivity contribution in [1.29, 1.82) is 0 Å². The van der Waals surface area contributed by atoms with E-state index >= 15 is 0 Å². The number of rotatable bonds is 8. The second-order valence-corrected chi connectivity index (χ2v) is 8.77. The number of piperidine rings is 1. The molecule has 0 atom stereocenters. The van der Waals surface area contributed by atoms with Crippen molar-refractivity contribution in [2.75, 3.05) is 26.2 Å². The minimum absolute atomic E-state index is 0.101. The summed E-state index contributed by atoms with van der Waals surface area (Å²) in [7, 11) is 0. The van der Waals surface area contributed by atoms with Gasteiger partial charge >= 0.3 is 6.03 Å². The first-order valence-electron chi connectivity index (χ1n) is 10.4. The van der Waals surface area contributed by atoms with E-state index < -0.39 is 0 Å². The second-order valence-electron chi connectivity index (χ2n) is 7.85. The number of hydrogen-bond donors (Lipinski definition) is 3. The molecule has 3 amide bonds. The van der Waals surface area contributed by atoms with E-state index in [2.05, 4.69) is 55.0 Å². The maximum atomic E-state index is 12.1. The smallest absolute Gasteiger partial charge is 0.315 e. The van der Waals surface area contributed by atoms with E-state index in [1.807, 2.05) is 6.07 Å². The van der Waals surface area contributed by atoms with E-state index in [9.17, 15) is 9.59 Å². The Morgan fingerprint density at radius 2 is 1.82 bits per heavy atom. The Bertz CT molecular complexity index is 658. The molecule has 28 heavy (non-hydrogen) atoms. The molecule has 1 aliphatic carbocycles. The van der Waals surface area contributed by atoms with Gasteiger partial charge in [0.15, 0.2) is 0 Å². The van der Waals surface area contributed by atoms with Gasteiger partial charge in [0, 0.05) is 49.2 Å². The first-order valence-corrected chi connectivity index (χ1v) is 11.2. The van der Waals surface area contributed by atoms with Crippen LogP contribution in [0.3, 0.4) is 0 Å². The summed E-state index contributed by atoms with van der Waals surface area (Å²) in [6, 6.07) is 8.55. The molecule has 1 aliphatic heterocycles. The zero-order chi connectivity index (χ0) is 19.8. The van der Waals surface area contributed by atoms with Gasteiger partial charge in [0.2, 0.25) is 5.91 Å². The summed E-state index contributed by atoms with van der Waals surface area (Å²) < 4.78 is 1.11. The van der Waals surface area contributed by atoms with Gasteiger partial charge in [-0.1, -0.05) is 34.5 Å². The fourth-order valence-electron chi connectivity index (χ4n) is 3.68. The highest BCUT2D eigenvalue weighted by Crippen LogP contribution is 2.26. The van der Waals surface area contributed by atoms with Gasteiger partial charge < -0.3 is 16.0 Å². The molecule has 1 heterocycles. The minimum Gasteiger partial charge on any atom is -0.356 e. The van der Waals surface area contributed by atoms with Crippen LogP contribution in [-0.4, -0.2) is 49.1 Å². The number of likely N-dealkylation sites (tertiary alicyclic amines) is 1. The Labute approximate surface area is 175 Å². The standard InChI is InChI=1S/C21H31BrN4O2/c22-18-7-1-4-16(14-18)15-26-12-8-19(9-13-26)25-21(28)24-11-3-10-23-20(27)17-5-2-6-17/h1,4,7,14,17,19H,2-3,5-6,8-13,15H2,(H,23,27)(H2,24,25,28). The van der Waals surface area contributed by atoms with Crippen molar-refractivity contribution in [3.05, 3.63) is 34.3 Å². The molecule has 0 radical (unpaired) electrons. The molecule has 1 aromatic carbocycles. The fraction of sp³-hybridized carbons (Fsp3) is 0.619. The molecule has 154 valence electrons. The quantitative estimate of drug-likeness (QED) is 0.532. The van der Waals surface area contributed by atoms with Crippen LogP contribution in [0.4, 0.5) is 4.79 Å². The lowest BCUT2D eigenvalue weighted by atomic mass is 9.85. The molecule has 0 unspecified atom stereocenters. The zero-order valence-corrected chi connectivity index (χ0v) is 18.0. The highest BCUT2D eigenvalue weighted by Gasteiger charge is 2.24. The topological polar surface area (TPSA) is 73.5 Å². The van der Waals surface area contributed by atoms with Crippen molar-refractivity contribution >= 4 is 27.9 Å². The van der Waals surface area contributed by atoms with Gasteiger partial charge in [0.25, 0.3) is 0 Å². The number of benzene rings is 1. The monoisotopic (exact) mass is 450 g/mol. The van der Waals surface area contributed by atoms with Crippen molar-refractivity contribution in [3.8, 4) is 0 Å². The molecule has 1 saturated carbocycles. The number of nitrogens with zero attached hydrogens (tertiary/aromatic N) is 1. The van der Waals surface area contributed by atoms with E-state index in [1.54, 1.807) is 0 Å². The average Bonchev–Trinajstić information content (AvgIpc) is 2.62. The number of carbonyl (C=O) groups excluding carboxylic acids is 2. The molecule has 0 bridgehead atoms. The van der Waals surface area contributed by atoms with Gasteiger partial charge in [-0.3, -0.25) is 9.69 Å². The number of urea groups is 1. The van der Waals surface area contributed by atoms with Crippen LogP contribution in [0, 0.1) is 5.92 Å². The summed E-state index contributed by atoms with van der Waals surface area (Å²) in [5, 5.41) is 8.92. The average molecular weight is 451 g/mol. The van der Waals surface area contributed by atoms with Gasteiger partial charge in [0.1, 0.15) is 0 Å². The largest absolute Gasteiger partial charge is 0.356 e. The summed E-state index contributed by atoms with van der Waals surface area (Å²) in [5.41, 5.74) is 1.31. The van der Waals surface area contributed by atoms with E-state index in [-0.39, 0.29) is 23.9 Å². The zero-order valence-electron chi connectivity index (χ0n) is 16.4. The molecule has 3 rings (SSSR count). The molecular weight excluding hydrogens is 420 g/mol. The third-order valence-corrected chi connectivity index (χ3v) is 6.13. The van der Waals surface area contributed by atoms with Crippen LogP contribution in [0.2, 0.25) is 0 Å². The fourth-order valence-corrected chi connectivity index (χ4v) is 4.13. The molecule has 7 heteroatoms. The summed E-state index contributed by atoms with van der Waals surface area (Å²) in [6.07, 6.45) is 5.92. The predicted octanol–water partition coefficient (Wildman–Crippen LogP) is 3.02. The van der Waals surface area contributed by atoms with Gasteiger partial charge in [-0.15, -0.1) is 0 Å². The number of halogens is 1. The Morgan fingerprint density at radius 1 is 1.07 bits per heavy atom.